The smallest absolute Gasteiger partial charge is 0.225 e. The van der Waals surface area contributed by atoms with Gasteiger partial charge in [-0.05, 0) is 43.1 Å². The molecule has 1 aromatic carbocycles. The number of anilines is 1. The van der Waals surface area contributed by atoms with Crippen molar-refractivity contribution in [2.45, 2.75) is 25.9 Å². The van der Waals surface area contributed by atoms with Crippen LogP contribution in [0.1, 0.15) is 19.8 Å². The van der Waals surface area contributed by atoms with Gasteiger partial charge in [0.15, 0.2) is 0 Å². The Hall–Kier alpha value is -2.14. The topological polar surface area (TPSA) is 54.5 Å². The highest BCUT2D eigenvalue weighted by Crippen LogP contribution is 2.27. The average molecular weight is 299 g/mol. The van der Waals surface area contributed by atoms with Gasteiger partial charge in [0, 0.05) is 31.1 Å². The van der Waals surface area contributed by atoms with Gasteiger partial charge in [-0.3, -0.25) is 9.69 Å². The molecule has 0 saturated carbocycles. The fourth-order valence-corrected chi connectivity index (χ4v) is 2.66. The summed E-state index contributed by atoms with van der Waals surface area (Å²) in [6.07, 6.45) is 3.32. The van der Waals surface area contributed by atoms with E-state index in [1.165, 1.54) is 0 Å². The quantitative estimate of drug-likeness (QED) is 0.922. The van der Waals surface area contributed by atoms with E-state index in [9.17, 15) is 4.79 Å². The van der Waals surface area contributed by atoms with Gasteiger partial charge in [-0.1, -0.05) is 6.92 Å². The minimum absolute atomic E-state index is 0.000307. The molecule has 1 aliphatic rings. The van der Waals surface area contributed by atoms with E-state index in [-0.39, 0.29) is 12.0 Å². The molecule has 116 valence electrons. The van der Waals surface area contributed by atoms with Crippen molar-refractivity contribution in [2.75, 3.05) is 25.5 Å². The van der Waals surface area contributed by atoms with Crippen molar-refractivity contribution in [1.82, 2.24) is 9.88 Å². The second kappa shape index (κ2) is 6.32. The van der Waals surface area contributed by atoms with Gasteiger partial charge < -0.3 is 10.1 Å². The van der Waals surface area contributed by atoms with E-state index in [1.807, 2.05) is 31.2 Å². The van der Waals surface area contributed by atoms with Crippen molar-refractivity contribution in [3.05, 3.63) is 30.5 Å². The molecule has 1 amide bonds. The van der Waals surface area contributed by atoms with Crippen molar-refractivity contribution in [1.29, 1.82) is 0 Å². The summed E-state index contributed by atoms with van der Waals surface area (Å²) in [6.45, 7) is 3.91. The Labute approximate surface area is 130 Å². The maximum absolute atomic E-state index is 11.8. The van der Waals surface area contributed by atoms with Gasteiger partial charge in [0.25, 0.3) is 0 Å². The van der Waals surface area contributed by atoms with Gasteiger partial charge in [0.1, 0.15) is 17.7 Å². The Morgan fingerprint density at radius 2 is 2.23 bits per heavy atom. The van der Waals surface area contributed by atoms with Crippen molar-refractivity contribution in [3.63, 3.8) is 0 Å². The first-order valence-corrected chi connectivity index (χ1v) is 7.69. The molecule has 0 radical (unpaired) electrons. The van der Waals surface area contributed by atoms with Crippen molar-refractivity contribution in [3.8, 4) is 5.75 Å². The Morgan fingerprint density at radius 1 is 1.41 bits per heavy atom. The zero-order chi connectivity index (χ0) is 15.5. The highest BCUT2D eigenvalue weighted by atomic mass is 16.5. The molecule has 0 bridgehead atoms. The molecule has 5 nitrogen and oxygen atoms in total. The van der Waals surface area contributed by atoms with E-state index in [0.29, 0.717) is 12.2 Å². The standard InChI is InChI=1S/C17H21N3O2/c1-3-4-16(21)19-17-15-6-5-13(9-12(15)7-8-18-17)22-14-10-20(2)11-14/h5-9,14H,3-4,10-11H2,1-2H3,(H,18,19,21). The zero-order valence-corrected chi connectivity index (χ0v) is 13.0. The summed E-state index contributed by atoms with van der Waals surface area (Å²) in [5.41, 5.74) is 0. The van der Waals surface area contributed by atoms with Gasteiger partial charge in [-0.2, -0.15) is 0 Å². The van der Waals surface area contributed by atoms with Gasteiger partial charge in [0.05, 0.1) is 0 Å². The molecule has 2 aromatic rings. The number of pyridine rings is 1. The SMILES string of the molecule is CCCC(=O)Nc1nccc2cc(OC3CN(C)C3)ccc12. The van der Waals surface area contributed by atoms with Crippen LogP contribution in [0.3, 0.4) is 0 Å². The molecular weight excluding hydrogens is 278 g/mol. The predicted octanol–water partition coefficient (Wildman–Crippen LogP) is 2.67. The Kier molecular flexibility index (Phi) is 4.24. The van der Waals surface area contributed by atoms with Crippen LogP contribution in [0.5, 0.6) is 5.75 Å². The summed E-state index contributed by atoms with van der Waals surface area (Å²) in [7, 11) is 2.08. The lowest BCUT2D eigenvalue weighted by Crippen LogP contribution is -2.51. The lowest BCUT2D eigenvalue weighted by atomic mass is 10.1. The predicted molar refractivity (Wildman–Crippen MR) is 87.2 cm³/mol. The summed E-state index contributed by atoms with van der Waals surface area (Å²) in [4.78, 5) is 18.3. The molecule has 1 N–H and O–H groups in total. The number of nitrogens with zero attached hydrogens (tertiary/aromatic N) is 2. The maximum atomic E-state index is 11.8. The molecule has 2 heterocycles. The lowest BCUT2D eigenvalue weighted by Gasteiger charge is -2.36. The molecule has 0 unspecified atom stereocenters. The molecule has 1 fully saturated rings. The number of hydrogen-bond donors (Lipinski definition) is 1. The van der Waals surface area contributed by atoms with Crippen LogP contribution in [-0.2, 0) is 4.79 Å². The number of likely N-dealkylation sites (tertiary alicyclic amines) is 1. The minimum atomic E-state index is 0.000307. The number of likely N-dealkylation sites (N-methyl/N-ethyl adjacent to an activating group) is 1. The van der Waals surface area contributed by atoms with Crippen LogP contribution in [-0.4, -0.2) is 42.0 Å². The number of aromatic nitrogens is 1. The van der Waals surface area contributed by atoms with Crippen LogP contribution in [0.25, 0.3) is 10.8 Å². The number of carbonyl (C=O) groups excluding carboxylic acids is 1. The van der Waals surface area contributed by atoms with Gasteiger partial charge >= 0.3 is 0 Å². The maximum Gasteiger partial charge on any atom is 0.225 e. The van der Waals surface area contributed by atoms with E-state index < -0.39 is 0 Å². The zero-order valence-electron chi connectivity index (χ0n) is 13.0. The normalized spacial score (nSPS) is 15.5. The highest BCUT2D eigenvalue weighted by Gasteiger charge is 2.24. The second-order valence-corrected chi connectivity index (χ2v) is 5.80. The number of hydrogen-bond acceptors (Lipinski definition) is 4. The van der Waals surface area contributed by atoms with Crippen LogP contribution in [0.4, 0.5) is 5.82 Å². The van der Waals surface area contributed by atoms with E-state index >= 15 is 0 Å². The first-order valence-electron chi connectivity index (χ1n) is 7.69. The van der Waals surface area contributed by atoms with Crippen molar-refractivity contribution >= 4 is 22.5 Å². The number of rotatable bonds is 5. The third kappa shape index (κ3) is 3.20. The first kappa shape index (κ1) is 14.8. The van der Waals surface area contributed by atoms with E-state index in [1.54, 1.807) is 6.20 Å². The third-order valence-electron chi connectivity index (χ3n) is 3.80. The van der Waals surface area contributed by atoms with Crippen LogP contribution in [0.15, 0.2) is 30.5 Å². The number of amides is 1. The first-order chi connectivity index (χ1) is 10.7. The highest BCUT2D eigenvalue weighted by molar-refractivity contribution is 6.00. The summed E-state index contributed by atoms with van der Waals surface area (Å²) in [5, 5.41) is 4.83. The van der Waals surface area contributed by atoms with E-state index in [0.717, 1.165) is 36.0 Å². The number of fused-ring (bicyclic) bond motifs is 1. The van der Waals surface area contributed by atoms with E-state index in [2.05, 4.69) is 22.2 Å². The van der Waals surface area contributed by atoms with Crippen molar-refractivity contribution in [2.24, 2.45) is 0 Å². The van der Waals surface area contributed by atoms with Crippen LogP contribution in [0, 0.1) is 0 Å². The van der Waals surface area contributed by atoms with Gasteiger partial charge in [0.2, 0.25) is 5.91 Å². The molecule has 0 atom stereocenters. The monoisotopic (exact) mass is 299 g/mol. The van der Waals surface area contributed by atoms with Gasteiger partial charge in [-0.15, -0.1) is 0 Å². The molecule has 3 rings (SSSR count). The third-order valence-corrected chi connectivity index (χ3v) is 3.80. The molecule has 0 spiro atoms. The number of nitrogens with one attached hydrogen (secondary N) is 1. The number of benzene rings is 1. The Balaban J connectivity index is 1.79. The molecule has 1 saturated heterocycles. The molecule has 5 heteroatoms. The van der Waals surface area contributed by atoms with Crippen LogP contribution in [0.2, 0.25) is 0 Å². The average Bonchev–Trinajstić information content (AvgIpc) is 2.46. The lowest BCUT2D eigenvalue weighted by molar-refractivity contribution is -0.116. The van der Waals surface area contributed by atoms with Crippen LogP contribution >= 0.6 is 0 Å². The fraction of sp³-hybridized carbons (Fsp3) is 0.412. The number of ether oxygens (including phenoxy) is 1. The summed E-state index contributed by atoms with van der Waals surface area (Å²) >= 11 is 0. The molecule has 22 heavy (non-hydrogen) atoms. The number of carbonyl (C=O) groups is 1. The molecule has 0 aliphatic carbocycles. The van der Waals surface area contributed by atoms with E-state index in [4.69, 9.17) is 4.74 Å². The second-order valence-electron chi connectivity index (χ2n) is 5.80. The van der Waals surface area contributed by atoms with Gasteiger partial charge in [-0.25, -0.2) is 4.98 Å². The molecular formula is C17H21N3O2. The summed E-state index contributed by atoms with van der Waals surface area (Å²) in [5.74, 6) is 1.48. The van der Waals surface area contributed by atoms with Crippen LogP contribution < -0.4 is 10.1 Å². The Morgan fingerprint density at radius 3 is 2.95 bits per heavy atom. The fourth-order valence-electron chi connectivity index (χ4n) is 2.66. The molecule has 1 aliphatic heterocycles. The molecule has 1 aromatic heterocycles. The van der Waals surface area contributed by atoms with Crippen molar-refractivity contribution < 1.29 is 9.53 Å². The summed E-state index contributed by atoms with van der Waals surface area (Å²) in [6, 6.07) is 7.84. The summed E-state index contributed by atoms with van der Waals surface area (Å²) < 4.78 is 5.94. The Bertz CT molecular complexity index is 681. The largest absolute Gasteiger partial charge is 0.488 e. The minimum Gasteiger partial charge on any atom is -0.488 e.